The summed E-state index contributed by atoms with van der Waals surface area (Å²) in [6.07, 6.45) is 5.54. The van der Waals surface area contributed by atoms with Gasteiger partial charge in [-0.15, -0.1) is 0 Å². The molecule has 0 aromatic rings. The molecule has 0 saturated heterocycles. The van der Waals surface area contributed by atoms with Crippen molar-refractivity contribution in [3.63, 3.8) is 0 Å². The third-order valence-corrected chi connectivity index (χ3v) is 1.16. The third-order valence-electron chi connectivity index (χ3n) is 1.16. The van der Waals surface area contributed by atoms with Crippen molar-refractivity contribution in [2.24, 2.45) is 4.99 Å². The zero-order valence-corrected chi connectivity index (χ0v) is 6.02. The fraction of sp³-hybridized carbons (Fsp3) is 0.167. The van der Waals surface area contributed by atoms with Crippen molar-refractivity contribution in [2.45, 2.75) is 6.92 Å². The van der Waals surface area contributed by atoms with Gasteiger partial charge in [0.25, 0.3) is 0 Å². The Balaban J connectivity index is 0.000000640. The Kier molecular flexibility index (Phi) is 3.20. The summed E-state index contributed by atoms with van der Waals surface area (Å²) in [6.45, 7) is 5.59. The highest BCUT2D eigenvalue weighted by Gasteiger charge is 2.07. The topological polar surface area (TPSA) is 16.8 Å². The first-order valence-corrected chi connectivity index (χ1v) is 2.55. The second kappa shape index (κ2) is 3.43. The lowest BCUT2D eigenvalue weighted by Gasteiger charge is -1.98. The van der Waals surface area contributed by atoms with E-state index in [1.807, 2.05) is 19.3 Å². The van der Waals surface area contributed by atoms with E-state index in [9.17, 15) is 0 Å². The molecule has 9 heavy (non-hydrogen) atoms. The van der Waals surface area contributed by atoms with Gasteiger partial charge in [0.2, 0.25) is 5.84 Å². The molecule has 3 heteroatoms. The van der Waals surface area contributed by atoms with Gasteiger partial charge in [0.1, 0.15) is 6.20 Å². The Bertz CT molecular complexity index is 160. The van der Waals surface area contributed by atoms with Crippen molar-refractivity contribution in [1.29, 1.82) is 0 Å². The van der Waals surface area contributed by atoms with Gasteiger partial charge in [-0.25, -0.2) is 9.89 Å². The van der Waals surface area contributed by atoms with Gasteiger partial charge in [-0.2, -0.15) is 0 Å². The van der Waals surface area contributed by atoms with Crippen LogP contribution in [-0.2, 0) is 0 Å². The number of quaternary nitrogens is 1. The number of hydrogen-bond acceptors (Lipinski definition) is 1. The molecule has 0 aromatic heterocycles. The van der Waals surface area contributed by atoms with Crippen molar-refractivity contribution in [3.8, 4) is 0 Å². The summed E-state index contributed by atoms with van der Waals surface area (Å²) in [7, 11) is 0. The van der Waals surface area contributed by atoms with Gasteiger partial charge in [0, 0.05) is 6.92 Å². The summed E-state index contributed by atoms with van der Waals surface area (Å²) in [4.78, 5) is 5.15. The van der Waals surface area contributed by atoms with Crippen LogP contribution in [0.25, 0.3) is 0 Å². The highest BCUT2D eigenvalue weighted by molar-refractivity contribution is 5.73. The van der Waals surface area contributed by atoms with E-state index in [0.29, 0.717) is 0 Å². The minimum Gasteiger partial charge on any atom is -1.00 e. The smallest absolute Gasteiger partial charge is 0.207 e. The monoisotopic (exact) mass is 144 g/mol. The van der Waals surface area contributed by atoms with Crippen LogP contribution in [-0.4, -0.2) is 5.84 Å². The summed E-state index contributed by atoms with van der Waals surface area (Å²) in [5, 5.41) is 0. The Morgan fingerprint density at radius 2 is 2.44 bits per heavy atom. The van der Waals surface area contributed by atoms with Gasteiger partial charge in [0.05, 0.1) is 12.4 Å². The van der Waals surface area contributed by atoms with E-state index in [4.69, 9.17) is 0 Å². The molecule has 0 saturated carbocycles. The minimum absolute atomic E-state index is 0. The van der Waals surface area contributed by atoms with Gasteiger partial charge in [-0.3, -0.25) is 0 Å². The standard InChI is InChI=1S/C6H8N2.ClH/c1-3-8-5-4-7-6(8)2;/h3-5H,1H2,2H3;1H. The zero-order valence-electron chi connectivity index (χ0n) is 5.26. The van der Waals surface area contributed by atoms with Crippen molar-refractivity contribution in [2.75, 3.05) is 0 Å². The summed E-state index contributed by atoms with van der Waals surface area (Å²) >= 11 is 0. The second-order valence-corrected chi connectivity index (χ2v) is 1.69. The van der Waals surface area contributed by atoms with E-state index >= 15 is 0 Å². The first-order valence-electron chi connectivity index (χ1n) is 2.55. The zero-order chi connectivity index (χ0) is 5.98. The lowest BCUT2D eigenvalue weighted by molar-refractivity contribution is -0.680. The van der Waals surface area contributed by atoms with Crippen LogP contribution in [0.2, 0.25) is 0 Å². The fourth-order valence-electron chi connectivity index (χ4n) is 0.640. The first-order chi connectivity index (χ1) is 3.84. The second-order valence-electron chi connectivity index (χ2n) is 1.69. The molecule has 0 spiro atoms. The summed E-state index contributed by atoms with van der Waals surface area (Å²) in [5.41, 5.74) is 0. The van der Waals surface area contributed by atoms with Crippen LogP contribution in [0.3, 0.4) is 0 Å². The number of amidine groups is 1. The summed E-state index contributed by atoms with van der Waals surface area (Å²) < 4.78 is 0. The summed E-state index contributed by atoms with van der Waals surface area (Å²) in [5.74, 6) is 1.06. The first kappa shape index (κ1) is 8.40. The predicted octanol–water partition coefficient (Wildman–Crippen LogP) is -3.08. The van der Waals surface area contributed by atoms with Crippen LogP contribution in [0.5, 0.6) is 0 Å². The van der Waals surface area contributed by atoms with E-state index < -0.39 is 0 Å². The molecule has 0 aromatic carbocycles. The molecule has 1 unspecified atom stereocenters. The Labute approximate surface area is 61.0 Å². The molecule has 0 amide bonds. The molecule has 0 radical (unpaired) electrons. The predicted molar refractivity (Wildman–Crippen MR) is 33.4 cm³/mol. The molecule has 1 aliphatic heterocycles. The number of hydrogen-bond donors (Lipinski definition) is 1. The Hall–Kier alpha value is -0.600. The maximum atomic E-state index is 4.02. The number of halogens is 1. The van der Waals surface area contributed by atoms with Crippen molar-refractivity contribution in [3.05, 3.63) is 25.2 Å². The lowest BCUT2D eigenvalue weighted by atomic mass is 10.6. The fourth-order valence-corrected chi connectivity index (χ4v) is 0.640. The number of rotatable bonds is 1. The molecule has 1 heterocycles. The van der Waals surface area contributed by atoms with E-state index in [2.05, 4.69) is 11.6 Å². The van der Waals surface area contributed by atoms with Gasteiger partial charge in [-0.1, -0.05) is 0 Å². The molecule has 1 N–H and O–H groups in total. The highest BCUT2D eigenvalue weighted by Crippen LogP contribution is 1.77. The van der Waals surface area contributed by atoms with E-state index in [0.717, 1.165) is 10.7 Å². The molecule has 0 aliphatic carbocycles. The SMILES string of the molecule is C=C[NH+]1C=CN=C1C.[Cl-]. The minimum atomic E-state index is 0. The van der Waals surface area contributed by atoms with Crippen LogP contribution in [0, 0.1) is 0 Å². The quantitative estimate of drug-likeness (QED) is 0.402. The molecular weight excluding hydrogens is 136 g/mol. The van der Waals surface area contributed by atoms with E-state index in [1.165, 1.54) is 0 Å². The molecule has 50 valence electrons. The average Bonchev–Trinajstić information content (AvgIpc) is 2.14. The normalized spacial score (nSPS) is 22.8. The molecule has 2 nitrogen and oxygen atoms in total. The molecular formula is C6H9ClN2. The molecule has 1 rings (SSSR count). The Morgan fingerprint density at radius 3 is 2.67 bits per heavy atom. The molecule has 1 atom stereocenters. The highest BCUT2D eigenvalue weighted by atomic mass is 35.5. The Morgan fingerprint density at radius 1 is 1.78 bits per heavy atom. The summed E-state index contributed by atoms with van der Waals surface area (Å²) in [6, 6.07) is 0. The molecule has 0 fully saturated rings. The van der Waals surface area contributed by atoms with Crippen LogP contribution in [0.15, 0.2) is 30.2 Å². The average molecular weight is 145 g/mol. The van der Waals surface area contributed by atoms with E-state index in [-0.39, 0.29) is 12.4 Å². The largest absolute Gasteiger partial charge is 1.00 e. The number of nitrogens with one attached hydrogen (secondary N) is 1. The van der Waals surface area contributed by atoms with Crippen molar-refractivity contribution < 1.29 is 17.3 Å². The van der Waals surface area contributed by atoms with Gasteiger partial charge in [-0.05, 0) is 6.58 Å². The lowest BCUT2D eigenvalue weighted by Crippen LogP contribution is -3.04. The van der Waals surface area contributed by atoms with Gasteiger partial charge >= 0.3 is 0 Å². The van der Waals surface area contributed by atoms with Gasteiger partial charge in [0.15, 0.2) is 0 Å². The van der Waals surface area contributed by atoms with E-state index in [1.54, 1.807) is 6.20 Å². The third kappa shape index (κ3) is 1.66. The molecule has 1 aliphatic rings. The van der Waals surface area contributed by atoms with Crippen molar-refractivity contribution >= 4 is 5.84 Å². The molecule has 0 bridgehead atoms. The van der Waals surface area contributed by atoms with Crippen LogP contribution >= 0.6 is 0 Å². The maximum absolute atomic E-state index is 4.02. The maximum Gasteiger partial charge on any atom is 0.207 e. The van der Waals surface area contributed by atoms with Crippen LogP contribution in [0.1, 0.15) is 6.92 Å². The van der Waals surface area contributed by atoms with Crippen LogP contribution < -0.4 is 17.3 Å². The number of nitrogens with zero attached hydrogens (tertiary/aromatic N) is 1. The van der Waals surface area contributed by atoms with Crippen molar-refractivity contribution in [1.82, 2.24) is 0 Å². The van der Waals surface area contributed by atoms with Crippen LogP contribution in [0.4, 0.5) is 0 Å². The van der Waals surface area contributed by atoms with Gasteiger partial charge < -0.3 is 12.4 Å². The number of aliphatic imine (C=N–C) groups is 1.